The molecule has 0 bridgehead atoms. The number of nitro benzene ring substituents is 1. The summed E-state index contributed by atoms with van der Waals surface area (Å²) >= 11 is 3.22. The first-order valence-electron chi connectivity index (χ1n) is 5.43. The molecule has 3 N–H and O–H groups in total. The van der Waals surface area contributed by atoms with Crippen molar-refractivity contribution in [2.24, 2.45) is 5.84 Å². The van der Waals surface area contributed by atoms with E-state index in [1.165, 1.54) is 12.4 Å². The molecule has 1 aromatic heterocycles. The molecule has 0 fully saturated rings. The topological polar surface area (TPSA) is 116 Å². The zero-order valence-electron chi connectivity index (χ0n) is 10.3. The number of nitrogens with zero attached hydrogens (tertiary/aromatic N) is 3. The van der Waals surface area contributed by atoms with Gasteiger partial charge in [-0.05, 0) is 28.4 Å². The van der Waals surface area contributed by atoms with E-state index >= 15 is 0 Å². The number of aromatic nitrogens is 2. The Morgan fingerprint density at radius 2 is 2.20 bits per heavy atom. The Hall–Kier alpha value is -2.26. The van der Waals surface area contributed by atoms with Gasteiger partial charge >= 0.3 is 5.69 Å². The van der Waals surface area contributed by atoms with Gasteiger partial charge in [-0.3, -0.25) is 10.1 Å². The molecule has 20 heavy (non-hydrogen) atoms. The lowest BCUT2D eigenvalue weighted by Crippen LogP contribution is -2.10. The minimum absolute atomic E-state index is 0.125. The highest BCUT2D eigenvalue weighted by molar-refractivity contribution is 9.10. The third kappa shape index (κ3) is 2.68. The van der Waals surface area contributed by atoms with Gasteiger partial charge in [0, 0.05) is 6.07 Å². The predicted octanol–water partition coefficient (Wildman–Crippen LogP) is 2.53. The van der Waals surface area contributed by atoms with Gasteiger partial charge in [0.2, 0.25) is 11.6 Å². The maximum atomic E-state index is 11.0. The number of halogens is 1. The smallest absolute Gasteiger partial charge is 0.311 e. The van der Waals surface area contributed by atoms with Crippen molar-refractivity contribution in [1.29, 1.82) is 0 Å². The van der Waals surface area contributed by atoms with Gasteiger partial charge in [0.15, 0.2) is 5.82 Å². The van der Waals surface area contributed by atoms with Crippen LogP contribution < -0.4 is 16.0 Å². The van der Waals surface area contributed by atoms with Gasteiger partial charge in [0.05, 0.1) is 4.92 Å². The Bertz CT molecular complexity index is 665. The van der Waals surface area contributed by atoms with E-state index in [1.807, 2.05) is 0 Å². The third-order valence-electron chi connectivity index (χ3n) is 2.48. The molecular formula is C11H10BrN5O3. The zero-order chi connectivity index (χ0) is 14.7. The average molecular weight is 340 g/mol. The van der Waals surface area contributed by atoms with Crippen molar-refractivity contribution in [3.63, 3.8) is 0 Å². The van der Waals surface area contributed by atoms with Gasteiger partial charge in [-0.2, -0.15) is 0 Å². The molecule has 0 unspecified atom stereocenters. The van der Waals surface area contributed by atoms with Gasteiger partial charge in [0.1, 0.15) is 10.8 Å². The van der Waals surface area contributed by atoms with E-state index in [0.717, 1.165) is 0 Å². The molecular weight excluding hydrogens is 330 g/mol. The van der Waals surface area contributed by atoms with Crippen LogP contribution in [0.5, 0.6) is 11.6 Å². The SMILES string of the molecule is Cc1cccc([N+](=O)[O-])c1Oc1ncnc(NN)c1Br. The summed E-state index contributed by atoms with van der Waals surface area (Å²) < 4.78 is 5.91. The number of nitrogens with one attached hydrogen (secondary N) is 1. The Labute approximate surface area is 122 Å². The lowest BCUT2D eigenvalue weighted by atomic mass is 10.2. The number of aryl methyl sites for hydroxylation is 1. The van der Waals surface area contributed by atoms with Crippen molar-refractivity contribution in [2.45, 2.75) is 6.92 Å². The van der Waals surface area contributed by atoms with E-state index in [4.69, 9.17) is 10.6 Å². The molecule has 2 aromatic rings. The largest absolute Gasteiger partial charge is 0.430 e. The molecule has 0 spiro atoms. The molecule has 0 saturated heterocycles. The van der Waals surface area contributed by atoms with Gasteiger partial charge in [0.25, 0.3) is 0 Å². The first-order chi connectivity index (χ1) is 9.54. The first kappa shape index (κ1) is 14.2. The molecule has 1 heterocycles. The fourth-order valence-electron chi connectivity index (χ4n) is 1.54. The number of anilines is 1. The lowest BCUT2D eigenvalue weighted by Gasteiger charge is -2.10. The summed E-state index contributed by atoms with van der Waals surface area (Å²) in [6.07, 6.45) is 1.24. The summed E-state index contributed by atoms with van der Waals surface area (Å²) in [5, 5.41) is 11.0. The van der Waals surface area contributed by atoms with Crippen molar-refractivity contribution < 1.29 is 9.66 Å². The molecule has 9 heteroatoms. The highest BCUT2D eigenvalue weighted by atomic mass is 79.9. The molecule has 0 saturated carbocycles. The van der Waals surface area contributed by atoms with Crippen LogP contribution in [0.2, 0.25) is 0 Å². The Balaban J connectivity index is 2.48. The normalized spacial score (nSPS) is 10.2. The van der Waals surface area contributed by atoms with Crippen molar-refractivity contribution in [2.75, 3.05) is 5.43 Å². The zero-order valence-corrected chi connectivity index (χ0v) is 11.9. The number of ether oxygens (including phenoxy) is 1. The summed E-state index contributed by atoms with van der Waals surface area (Å²) in [6.45, 7) is 1.71. The van der Waals surface area contributed by atoms with Crippen LogP contribution in [0.1, 0.15) is 5.56 Å². The monoisotopic (exact) mass is 339 g/mol. The van der Waals surface area contributed by atoms with E-state index in [0.29, 0.717) is 15.9 Å². The van der Waals surface area contributed by atoms with Crippen molar-refractivity contribution >= 4 is 27.4 Å². The van der Waals surface area contributed by atoms with Gasteiger partial charge in [-0.1, -0.05) is 12.1 Å². The van der Waals surface area contributed by atoms with Crippen LogP contribution in [0.3, 0.4) is 0 Å². The number of hydrogen-bond donors (Lipinski definition) is 2. The Morgan fingerprint density at radius 1 is 1.45 bits per heavy atom. The fraction of sp³-hybridized carbons (Fsp3) is 0.0909. The molecule has 104 valence electrons. The van der Waals surface area contributed by atoms with Crippen LogP contribution in [-0.4, -0.2) is 14.9 Å². The van der Waals surface area contributed by atoms with Gasteiger partial charge < -0.3 is 10.2 Å². The second-order valence-corrected chi connectivity index (χ2v) is 4.56. The number of benzene rings is 1. The van der Waals surface area contributed by atoms with E-state index in [1.54, 1.807) is 19.1 Å². The Morgan fingerprint density at radius 3 is 2.85 bits per heavy atom. The molecule has 0 amide bonds. The minimum Gasteiger partial charge on any atom is -0.430 e. The first-order valence-corrected chi connectivity index (χ1v) is 6.23. The molecule has 0 aliphatic heterocycles. The van der Waals surface area contributed by atoms with E-state index < -0.39 is 4.92 Å². The highest BCUT2D eigenvalue weighted by Crippen LogP contribution is 2.37. The average Bonchev–Trinajstić information content (AvgIpc) is 2.42. The molecule has 0 atom stereocenters. The molecule has 0 radical (unpaired) electrons. The summed E-state index contributed by atoms with van der Waals surface area (Å²) in [4.78, 5) is 18.3. The number of hydrogen-bond acceptors (Lipinski definition) is 7. The van der Waals surface area contributed by atoms with E-state index in [-0.39, 0.29) is 17.3 Å². The second-order valence-electron chi connectivity index (χ2n) is 3.77. The number of nitrogens with two attached hydrogens (primary N) is 1. The number of hydrazine groups is 1. The molecule has 8 nitrogen and oxygen atoms in total. The molecule has 1 aromatic carbocycles. The van der Waals surface area contributed by atoms with Crippen LogP contribution in [0.25, 0.3) is 0 Å². The van der Waals surface area contributed by atoms with E-state index in [2.05, 4.69) is 31.3 Å². The molecule has 0 aliphatic rings. The lowest BCUT2D eigenvalue weighted by molar-refractivity contribution is -0.385. The number of para-hydroxylation sites is 1. The van der Waals surface area contributed by atoms with Gasteiger partial charge in [-0.25, -0.2) is 15.8 Å². The Kier molecular flexibility index (Phi) is 4.11. The molecule has 2 rings (SSSR count). The number of rotatable bonds is 4. The summed E-state index contributed by atoms with van der Waals surface area (Å²) in [5.41, 5.74) is 2.84. The maximum Gasteiger partial charge on any atom is 0.311 e. The van der Waals surface area contributed by atoms with Gasteiger partial charge in [-0.15, -0.1) is 0 Å². The summed E-state index contributed by atoms with van der Waals surface area (Å²) in [7, 11) is 0. The summed E-state index contributed by atoms with van der Waals surface area (Å²) in [6, 6.07) is 4.65. The van der Waals surface area contributed by atoms with Crippen molar-refractivity contribution in [1.82, 2.24) is 9.97 Å². The number of nitrogen functional groups attached to an aromatic ring is 1. The standard InChI is InChI=1S/C11H10BrN5O3/c1-6-3-2-4-7(17(18)19)9(6)20-11-8(12)10(16-13)14-5-15-11/h2-5H,13H2,1H3,(H,14,15,16). The van der Waals surface area contributed by atoms with Crippen LogP contribution in [0.15, 0.2) is 29.0 Å². The van der Waals surface area contributed by atoms with Crippen molar-refractivity contribution in [3.05, 3.63) is 44.7 Å². The quantitative estimate of drug-likeness (QED) is 0.499. The molecule has 0 aliphatic carbocycles. The predicted molar refractivity (Wildman–Crippen MR) is 75.4 cm³/mol. The second kappa shape index (κ2) is 5.80. The van der Waals surface area contributed by atoms with Crippen LogP contribution in [-0.2, 0) is 0 Å². The number of nitro groups is 1. The van der Waals surface area contributed by atoms with Crippen LogP contribution in [0, 0.1) is 17.0 Å². The van der Waals surface area contributed by atoms with Crippen LogP contribution in [0.4, 0.5) is 11.5 Å². The summed E-state index contributed by atoms with van der Waals surface area (Å²) in [5.74, 6) is 5.85. The fourth-order valence-corrected chi connectivity index (χ4v) is 1.94. The van der Waals surface area contributed by atoms with Crippen LogP contribution >= 0.6 is 15.9 Å². The highest BCUT2D eigenvalue weighted by Gasteiger charge is 2.20. The maximum absolute atomic E-state index is 11.0. The van der Waals surface area contributed by atoms with Crippen molar-refractivity contribution in [3.8, 4) is 11.6 Å². The van der Waals surface area contributed by atoms with E-state index in [9.17, 15) is 10.1 Å². The third-order valence-corrected chi connectivity index (χ3v) is 3.20. The minimum atomic E-state index is -0.514.